The zero-order valence-electron chi connectivity index (χ0n) is 10.2. The van der Waals surface area contributed by atoms with Crippen molar-refractivity contribution in [3.05, 3.63) is 48.5 Å². The number of halogens is 2. The number of amides is 1. The van der Waals surface area contributed by atoms with E-state index in [9.17, 15) is 9.59 Å². The van der Waals surface area contributed by atoms with E-state index in [1.165, 1.54) is 17.4 Å². The number of nitrogens with one attached hydrogen (secondary N) is 1. The van der Waals surface area contributed by atoms with E-state index >= 15 is 0 Å². The van der Waals surface area contributed by atoms with Crippen molar-refractivity contribution in [3.63, 3.8) is 0 Å². The molecule has 104 valence electrons. The number of benzene rings is 1. The molecule has 0 aliphatic heterocycles. The number of carbonyl (C=O) groups excluding carboxylic acids is 1. The molecule has 0 atom stereocenters. The molecule has 0 aliphatic carbocycles. The Balaban J connectivity index is 2.22. The quantitative estimate of drug-likeness (QED) is 0.769. The maximum Gasteiger partial charge on any atom is 0.335 e. The maximum absolute atomic E-state index is 12.1. The molecule has 0 saturated carbocycles. The summed E-state index contributed by atoms with van der Waals surface area (Å²) in [6, 6.07) is 6.41. The predicted molar refractivity (Wildman–Crippen MR) is 85.8 cm³/mol. The van der Waals surface area contributed by atoms with Gasteiger partial charge in [0, 0.05) is 5.69 Å². The lowest BCUT2D eigenvalue weighted by Crippen LogP contribution is -2.12. The monoisotopic (exact) mass is 417 g/mol. The Morgan fingerprint density at radius 3 is 2.40 bits per heavy atom. The molecule has 1 aromatic carbocycles. The molecule has 0 fully saturated rings. The van der Waals surface area contributed by atoms with Gasteiger partial charge in [0.15, 0.2) is 0 Å². The van der Waals surface area contributed by atoms with Gasteiger partial charge in [0.05, 0.1) is 18.7 Å². The van der Waals surface area contributed by atoms with Gasteiger partial charge < -0.3 is 10.4 Å². The summed E-state index contributed by atoms with van der Waals surface area (Å²) in [5, 5.41) is 11.7. The van der Waals surface area contributed by atoms with Crippen molar-refractivity contribution in [2.75, 3.05) is 5.32 Å². The van der Waals surface area contributed by atoms with Gasteiger partial charge in [-0.1, -0.05) is 0 Å². The van der Waals surface area contributed by atoms with Gasteiger partial charge in [-0.25, -0.2) is 4.79 Å². The van der Waals surface area contributed by atoms with Gasteiger partial charge in [0.2, 0.25) is 0 Å². The van der Waals surface area contributed by atoms with Crippen LogP contribution in [0.3, 0.4) is 0 Å². The van der Waals surface area contributed by atoms with Gasteiger partial charge in [-0.15, -0.1) is 11.3 Å². The zero-order chi connectivity index (χ0) is 14.9. The van der Waals surface area contributed by atoms with Crippen LogP contribution in [0.1, 0.15) is 26.3 Å². The lowest BCUT2D eigenvalue weighted by molar-refractivity contribution is 0.0696. The number of carboxylic acids is 1. The van der Waals surface area contributed by atoms with Crippen molar-refractivity contribution in [1.82, 2.24) is 0 Å². The number of hydrogen-bond acceptors (Lipinski definition) is 3. The van der Waals surface area contributed by atoms with Gasteiger partial charge in [0.1, 0.15) is 0 Å². The van der Waals surface area contributed by atoms with Crippen LogP contribution in [0.25, 0.3) is 0 Å². The molecule has 0 saturated heterocycles. The molecular weight excluding hydrogens is 410 g/mol. The molecule has 7 heteroatoms. The van der Waals surface area contributed by atoms with E-state index in [2.05, 4.69) is 37.2 Å². The van der Waals surface area contributed by atoms with Crippen molar-refractivity contribution in [2.24, 2.45) is 0 Å². The Hall–Kier alpha value is -1.18. The SMILES string of the molecule is Cc1cc(NC(=O)c2cc(Br)sc2Br)ccc1C(=O)O. The Morgan fingerprint density at radius 2 is 1.90 bits per heavy atom. The first-order valence-corrected chi connectivity index (χ1v) is 7.89. The highest BCUT2D eigenvalue weighted by Gasteiger charge is 2.14. The minimum Gasteiger partial charge on any atom is -0.478 e. The molecule has 2 N–H and O–H groups in total. The van der Waals surface area contributed by atoms with Gasteiger partial charge in [-0.05, 0) is 68.6 Å². The lowest BCUT2D eigenvalue weighted by Gasteiger charge is -2.07. The fraction of sp³-hybridized carbons (Fsp3) is 0.0769. The molecule has 4 nitrogen and oxygen atoms in total. The molecule has 0 bridgehead atoms. The number of rotatable bonds is 3. The second-order valence-corrected chi connectivity index (χ2v) is 7.78. The summed E-state index contributed by atoms with van der Waals surface area (Å²) in [6.07, 6.45) is 0. The maximum atomic E-state index is 12.1. The summed E-state index contributed by atoms with van der Waals surface area (Å²) in [7, 11) is 0. The van der Waals surface area contributed by atoms with E-state index in [1.807, 2.05) is 0 Å². The Morgan fingerprint density at radius 1 is 1.20 bits per heavy atom. The molecule has 1 aromatic heterocycles. The van der Waals surface area contributed by atoms with Crippen LogP contribution in [-0.4, -0.2) is 17.0 Å². The second kappa shape index (κ2) is 6.07. The lowest BCUT2D eigenvalue weighted by atomic mass is 10.1. The molecule has 1 amide bonds. The average Bonchev–Trinajstić information content (AvgIpc) is 2.68. The van der Waals surface area contributed by atoms with Crippen LogP contribution in [0.4, 0.5) is 5.69 Å². The summed E-state index contributed by atoms with van der Waals surface area (Å²) in [4.78, 5) is 23.0. The van der Waals surface area contributed by atoms with E-state index in [4.69, 9.17) is 5.11 Å². The second-order valence-electron chi connectivity index (χ2n) is 4.03. The normalized spacial score (nSPS) is 10.3. The first-order valence-electron chi connectivity index (χ1n) is 5.48. The van der Waals surface area contributed by atoms with Crippen LogP contribution in [-0.2, 0) is 0 Å². The van der Waals surface area contributed by atoms with Crippen molar-refractivity contribution < 1.29 is 14.7 Å². The third kappa shape index (κ3) is 3.28. The van der Waals surface area contributed by atoms with E-state index in [1.54, 1.807) is 25.1 Å². The van der Waals surface area contributed by atoms with Gasteiger partial charge in [-0.2, -0.15) is 0 Å². The first-order chi connectivity index (χ1) is 9.38. The summed E-state index contributed by atoms with van der Waals surface area (Å²) in [5.74, 6) is -1.23. The number of carboxylic acid groups (broad SMARTS) is 1. The van der Waals surface area contributed by atoms with Crippen molar-refractivity contribution in [2.45, 2.75) is 6.92 Å². The fourth-order valence-corrected chi connectivity index (χ4v) is 4.47. The van der Waals surface area contributed by atoms with E-state index in [0.29, 0.717) is 16.8 Å². The zero-order valence-corrected chi connectivity index (χ0v) is 14.2. The molecule has 0 radical (unpaired) electrons. The first kappa shape index (κ1) is 15.2. The van der Waals surface area contributed by atoms with Crippen molar-refractivity contribution >= 4 is 60.8 Å². The Kier molecular flexibility index (Phi) is 4.62. The molecule has 1 heterocycles. The number of hydrogen-bond donors (Lipinski definition) is 2. The molecule has 20 heavy (non-hydrogen) atoms. The molecule has 0 unspecified atom stereocenters. The van der Waals surface area contributed by atoms with Crippen molar-refractivity contribution in [3.8, 4) is 0 Å². The molecule has 2 rings (SSSR count). The minimum atomic E-state index is -0.982. The molecule has 0 spiro atoms. The smallest absolute Gasteiger partial charge is 0.335 e. The molecule has 0 aliphatic rings. The highest BCUT2D eigenvalue weighted by molar-refractivity contribution is 9.12. The fourth-order valence-electron chi connectivity index (χ4n) is 1.67. The summed E-state index contributed by atoms with van der Waals surface area (Å²) in [5.41, 5.74) is 1.91. The highest BCUT2D eigenvalue weighted by Crippen LogP contribution is 2.32. The number of anilines is 1. The van der Waals surface area contributed by atoms with Crippen LogP contribution >= 0.6 is 43.2 Å². The van der Waals surface area contributed by atoms with Crippen LogP contribution in [0.5, 0.6) is 0 Å². The van der Waals surface area contributed by atoms with Crippen molar-refractivity contribution in [1.29, 1.82) is 0 Å². The average molecular weight is 419 g/mol. The third-order valence-electron chi connectivity index (χ3n) is 2.62. The third-order valence-corrected chi connectivity index (χ3v) is 4.96. The van der Waals surface area contributed by atoms with Crippen LogP contribution < -0.4 is 5.32 Å². The number of aromatic carboxylic acids is 1. The Bertz CT molecular complexity index is 697. The topological polar surface area (TPSA) is 66.4 Å². The van der Waals surface area contributed by atoms with Gasteiger partial charge >= 0.3 is 5.97 Å². The Labute approximate surface area is 136 Å². The van der Waals surface area contributed by atoms with E-state index in [0.717, 1.165) is 7.57 Å². The minimum absolute atomic E-state index is 0.224. The number of thiophene rings is 1. The van der Waals surface area contributed by atoms with Crippen LogP contribution in [0.15, 0.2) is 31.8 Å². The number of aryl methyl sites for hydroxylation is 1. The van der Waals surface area contributed by atoms with Crippen LogP contribution in [0, 0.1) is 6.92 Å². The van der Waals surface area contributed by atoms with Gasteiger partial charge in [-0.3, -0.25) is 4.79 Å². The van der Waals surface area contributed by atoms with Gasteiger partial charge in [0.25, 0.3) is 5.91 Å². The van der Waals surface area contributed by atoms with E-state index < -0.39 is 5.97 Å². The molecule has 2 aromatic rings. The highest BCUT2D eigenvalue weighted by atomic mass is 79.9. The molecular formula is C13H9Br2NO3S. The van der Waals surface area contributed by atoms with Crippen LogP contribution in [0.2, 0.25) is 0 Å². The summed E-state index contributed by atoms with van der Waals surface area (Å²) < 4.78 is 1.59. The largest absolute Gasteiger partial charge is 0.478 e. The number of carbonyl (C=O) groups is 2. The standard InChI is InChI=1S/C13H9Br2NO3S/c1-6-4-7(2-3-8(6)13(18)19)16-12(17)9-5-10(14)20-11(9)15/h2-5H,1H3,(H,16,17)(H,18,19). The summed E-state index contributed by atoms with van der Waals surface area (Å²) >= 11 is 8.06. The summed E-state index contributed by atoms with van der Waals surface area (Å²) in [6.45, 7) is 1.69. The predicted octanol–water partition coefficient (Wildman–Crippen LogP) is 4.53. The van der Waals surface area contributed by atoms with E-state index in [-0.39, 0.29) is 11.5 Å².